The minimum absolute atomic E-state index is 0.00345. The summed E-state index contributed by atoms with van der Waals surface area (Å²) < 4.78 is 6.17. The van der Waals surface area contributed by atoms with E-state index < -0.39 is 0 Å². The van der Waals surface area contributed by atoms with Gasteiger partial charge < -0.3 is 15.0 Å². The maximum Gasteiger partial charge on any atom is 0.242 e. The van der Waals surface area contributed by atoms with E-state index in [4.69, 9.17) is 4.74 Å². The molecule has 0 bridgehead atoms. The molecule has 146 valence electrons. The number of nitrogens with zero attached hydrogens (tertiary/aromatic N) is 1. The monoisotopic (exact) mass is 370 g/mol. The van der Waals surface area contributed by atoms with Crippen molar-refractivity contribution in [1.82, 2.24) is 10.2 Å². The SMILES string of the molecule is O=C(CCC1CCCC1)NCC(=O)N1CCCC2(C1)OCc1ccccc12. The number of fused-ring (bicyclic) bond motifs is 2. The van der Waals surface area contributed by atoms with Crippen LogP contribution < -0.4 is 5.32 Å². The van der Waals surface area contributed by atoms with Crippen LogP contribution >= 0.6 is 0 Å². The van der Waals surface area contributed by atoms with Crippen molar-refractivity contribution in [1.29, 1.82) is 0 Å². The molecule has 2 amide bonds. The van der Waals surface area contributed by atoms with Gasteiger partial charge in [0.1, 0.15) is 5.60 Å². The van der Waals surface area contributed by atoms with Crippen LogP contribution in [0.5, 0.6) is 0 Å². The molecule has 2 fully saturated rings. The maximum atomic E-state index is 12.7. The molecule has 0 radical (unpaired) electrons. The van der Waals surface area contributed by atoms with Crippen LogP contribution in [0, 0.1) is 5.92 Å². The number of carbonyl (C=O) groups excluding carboxylic acids is 2. The summed E-state index contributed by atoms with van der Waals surface area (Å²) in [6.45, 7) is 2.04. The van der Waals surface area contributed by atoms with Gasteiger partial charge in [-0.05, 0) is 36.3 Å². The highest BCUT2D eigenvalue weighted by Gasteiger charge is 2.44. The molecule has 4 rings (SSSR count). The molecule has 1 N–H and O–H groups in total. The van der Waals surface area contributed by atoms with Crippen LogP contribution in [0.3, 0.4) is 0 Å². The molecular formula is C22H30N2O3. The van der Waals surface area contributed by atoms with Crippen LogP contribution in [0.25, 0.3) is 0 Å². The minimum Gasteiger partial charge on any atom is -0.364 e. The third-order valence-electron chi connectivity index (χ3n) is 6.51. The zero-order valence-corrected chi connectivity index (χ0v) is 16.0. The Morgan fingerprint density at radius 2 is 2.00 bits per heavy atom. The lowest BCUT2D eigenvalue weighted by atomic mass is 9.85. The standard InChI is InChI=1S/C22H30N2O3/c25-20(11-10-17-6-1-2-7-17)23-14-21(26)24-13-5-12-22(16-24)19-9-4-3-8-18(19)15-27-22/h3-4,8-9,17H,1-2,5-7,10-16H2,(H,23,25). The molecule has 5 heteroatoms. The van der Waals surface area contributed by atoms with Crippen molar-refractivity contribution in [3.8, 4) is 0 Å². The number of rotatable bonds is 5. The quantitative estimate of drug-likeness (QED) is 0.866. The average molecular weight is 370 g/mol. The Bertz CT molecular complexity index is 695. The molecule has 1 aromatic carbocycles. The first-order chi connectivity index (χ1) is 13.2. The topological polar surface area (TPSA) is 58.6 Å². The third kappa shape index (κ3) is 4.03. The average Bonchev–Trinajstić information content (AvgIpc) is 3.34. The molecule has 27 heavy (non-hydrogen) atoms. The van der Waals surface area contributed by atoms with Gasteiger partial charge in [-0.3, -0.25) is 9.59 Å². The summed E-state index contributed by atoms with van der Waals surface area (Å²) in [7, 11) is 0. The summed E-state index contributed by atoms with van der Waals surface area (Å²) in [5.41, 5.74) is 2.09. The number of benzene rings is 1. The molecule has 1 aliphatic carbocycles. The third-order valence-corrected chi connectivity index (χ3v) is 6.51. The zero-order valence-electron chi connectivity index (χ0n) is 16.0. The molecule has 5 nitrogen and oxygen atoms in total. The summed E-state index contributed by atoms with van der Waals surface area (Å²) >= 11 is 0. The summed E-state index contributed by atoms with van der Waals surface area (Å²) in [5.74, 6) is 0.702. The fourth-order valence-corrected chi connectivity index (χ4v) is 4.97. The van der Waals surface area contributed by atoms with Gasteiger partial charge >= 0.3 is 0 Å². The fourth-order valence-electron chi connectivity index (χ4n) is 4.97. The van der Waals surface area contributed by atoms with Crippen LogP contribution in [-0.4, -0.2) is 36.3 Å². The van der Waals surface area contributed by atoms with E-state index in [0.29, 0.717) is 25.5 Å². The lowest BCUT2D eigenvalue weighted by Crippen LogP contribution is -2.51. The smallest absolute Gasteiger partial charge is 0.242 e. The first kappa shape index (κ1) is 18.5. The number of likely N-dealkylation sites (tertiary alicyclic amines) is 1. The van der Waals surface area contributed by atoms with E-state index in [-0.39, 0.29) is 24.0 Å². The number of nitrogens with one attached hydrogen (secondary N) is 1. The Morgan fingerprint density at radius 1 is 1.19 bits per heavy atom. The second-order valence-electron chi connectivity index (χ2n) is 8.32. The molecule has 1 saturated heterocycles. The van der Waals surface area contributed by atoms with E-state index >= 15 is 0 Å². The van der Waals surface area contributed by atoms with Gasteiger partial charge in [-0.15, -0.1) is 0 Å². The predicted octanol–water partition coefficient (Wildman–Crippen LogP) is 3.12. The van der Waals surface area contributed by atoms with Crippen molar-refractivity contribution >= 4 is 11.8 Å². The molecule has 2 heterocycles. The highest BCUT2D eigenvalue weighted by molar-refractivity contribution is 5.84. The van der Waals surface area contributed by atoms with Crippen LogP contribution in [-0.2, 0) is 26.5 Å². The largest absolute Gasteiger partial charge is 0.364 e. The Hall–Kier alpha value is -1.88. The van der Waals surface area contributed by atoms with Crippen molar-refractivity contribution in [3.63, 3.8) is 0 Å². The Kier molecular flexibility index (Phi) is 5.48. The summed E-state index contributed by atoms with van der Waals surface area (Å²) in [6.07, 6.45) is 8.47. The number of amides is 2. The van der Waals surface area contributed by atoms with Gasteiger partial charge in [-0.25, -0.2) is 0 Å². The molecule has 3 aliphatic rings. The van der Waals surface area contributed by atoms with E-state index in [2.05, 4.69) is 17.4 Å². The fraction of sp³-hybridized carbons (Fsp3) is 0.636. The maximum absolute atomic E-state index is 12.7. The number of ether oxygens (including phenoxy) is 1. The van der Waals surface area contributed by atoms with E-state index in [1.807, 2.05) is 17.0 Å². The summed E-state index contributed by atoms with van der Waals surface area (Å²) in [5, 5.41) is 2.83. The molecule has 1 spiro atoms. The van der Waals surface area contributed by atoms with Crippen molar-refractivity contribution in [2.45, 2.75) is 63.6 Å². The summed E-state index contributed by atoms with van der Waals surface area (Å²) in [4.78, 5) is 26.6. The van der Waals surface area contributed by atoms with Crippen molar-refractivity contribution in [2.75, 3.05) is 19.6 Å². The lowest BCUT2D eigenvalue weighted by molar-refractivity contribution is -0.143. The van der Waals surface area contributed by atoms with E-state index in [9.17, 15) is 9.59 Å². The number of hydrogen-bond acceptors (Lipinski definition) is 3. The minimum atomic E-state index is -0.364. The molecule has 1 atom stereocenters. The van der Waals surface area contributed by atoms with E-state index in [0.717, 1.165) is 25.8 Å². The molecular weight excluding hydrogens is 340 g/mol. The van der Waals surface area contributed by atoms with Crippen molar-refractivity contribution in [2.24, 2.45) is 5.92 Å². The summed E-state index contributed by atoms with van der Waals surface area (Å²) in [6, 6.07) is 8.31. The molecule has 1 aromatic rings. The van der Waals surface area contributed by atoms with Gasteiger partial charge in [0.05, 0.1) is 19.7 Å². The Labute approximate surface area is 161 Å². The van der Waals surface area contributed by atoms with E-state index in [1.165, 1.54) is 36.8 Å². The van der Waals surface area contributed by atoms with E-state index in [1.54, 1.807) is 0 Å². The van der Waals surface area contributed by atoms with Crippen LogP contribution in [0.15, 0.2) is 24.3 Å². The molecule has 1 saturated carbocycles. The highest BCUT2D eigenvalue weighted by atomic mass is 16.5. The molecule has 2 aliphatic heterocycles. The van der Waals surface area contributed by atoms with Crippen LogP contribution in [0.2, 0.25) is 0 Å². The lowest BCUT2D eigenvalue weighted by Gasteiger charge is -2.40. The van der Waals surface area contributed by atoms with Crippen molar-refractivity contribution in [3.05, 3.63) is 35.4 Å². The predicted molar refractivity (Wildman–Crippen MR) is 103 cm³/mol. The van der Waals surface area contributed by atoms with Gasteiger partial charge in [0, 0.05) is 13.0 Å². The first-order valence-corrected chi connectivity index (χ1v) is 10.4. The van der Waals surface area contributed by atoms with Gasteiger partial charge in [0.15, 0.2) is 0 Å². The second kappa shape index (κ2) is 8.01. The highest BCUT2D eigenvalue weighted by Crippen LogP contribution is 2.42. The molecule has 0 aromatic heterocycles. The Balaban J connectivity index is 1.28. The number of hydrogen-bond donors (Lipinski definition) is 1. The number of piperidine rings is 1. The van der Waals surface area contributed by atoms with Crippen molar-refractivity contribution < 1.29 is 14.3 Å². The first-order valence-electron chi connectivity index (χ1n) is 10.4. The van der Waals surface area contributed by atoms with Crippen LogP contribution in [0.1, 0.15) is 62.5 Å². The molecule has 1 unspecified atom stereocenters. The normalized spacial score (nSPS) is 25.0. The number of carbonyl (C=O) groups is 2. The Morgan fingerprint density at radius 3 is 2.85 bits per heavy atom. The second-order valence-corrected chi connectivity index (χ2v) is 8.32. The van der Waals surface area contributed by atoms with Gasteiger partial charge in [-0.1, -0.05) is 49.9 Å². The van der Waals surface area contributed by atoms with Crippen LogP contribution in [0.4, 0.5) is 0 Å². The zero-order chi connectivity index (χ0) is 18.7. The van der Waals surface area contributed by atoms with Gasteiger partial charge in [0.2, 0.25) is 11.8 Å². The van der Waals surface area contributed by atoms with Gasteiger partial charge in [0.25, 0.3) is 0 Å². The van der Waals surface area contributed by atoms with Gasteiger partial charge in [-0.2, -0.15) is 0 Å².